The number of aliphatic hydroxyl groups is 1. The lowest BCUT2D eigenvalue weighted by Gasteiger charge is -2.16. The van der Waals surface area contributed by atoms with E-state index in [0.29, 0.717) is 5.02 Å². The number of aromatic nitrogens is 2. The number of hydrogen-bond donors (Lipinski definition) is 1. The molecule has 0 aliphatic rings. The summed E-state index contributed by atoms with van der Waals surface area (Å²) >= 11 is 6.14. The molecule has 1 rings (SSSR count). The molecule has 0 saturated heterocycles. The van der Waals surface area contributed by atoms with Gasteiger partial charge < -0.3 is 10.0 Å². The largest absolute Gasteiger partial charge is 0.393 e. The molecule has 0 saturated carbocycles. The first-order valence-electron chi connectivity index (χ1n) is 6.44. The summed E-state index contributed by atoms with van der Waals surface area (Å²) < 4.78 is 1.94. The van der Waals surface area contributed by atoms with Gasteiger partial charge in [0.05, 0.1) is 29.6 Å². The lowest BCUT2D eigenvalue weighted by molar-refractivity contribution is 0.116. The van der Waals surface area contributed by atoms with E-state index in [1.807, 2.05) is 32.6 Å². The van der Waals surface area contributed by atoms with Gasteiger partial charge in [0.25, 0.3) is 0 Å². The Morgan fingerprint density at radius 1 is 1.44 bits per heavy atom. The molecule has 0 radical (unpaired) electrons. The third-order valence-corrected chi connectivity index (χ3v) is 3.42. The minimum atomic E-state index is -0.279. The molecule has 4 nitrogen and oxygen atoms in total. The maximum atomic E-state index is 9.84. The lowest BCUT2D eigenvalue weighted by atomic mass is 10.0. The van der Waals surface area contributed by atoms with Crippen LogP contribution < -0.4 is 0 Å². The first kappa shape index (κ1) is 15.5. The average molecular weight is 274 g/mol. The van der Waals surface area contributed by atoms with Crippen molar-refractivity contribution in [2.24, 2.45) is 5.92 Å². The van der Waals surface area contributed by atoms with Gasteiger partial charge in [-0.15, -0.1) is 0 Å². The van der Waals surface area contributed by atoms with E-state index in [0.717, 1.165) is 31.6 Å². The minimum absolute atomic E-state index is 0.279. The van der Waals surface area contributed by atoms with Crippen molar-refractivity contribution in [2.45, 2.75) is 39.3 Å². The summed E-state index contributed by atoms with van der Waals surface area (Å²) in [6.45, 7) is 5.80. The van der Waals surface area contributed by atoms with Crippen LogP contribution in [0.1, 0.15) is 26.0 Å². The zero-order valence-corrected chi connectivity index (χ0v) is 12.5. The van der Waals surface area contributed by atoms with Crippen LogP contribution in [-0.4, -0.2) is 46.5 Å². The van der Waals surface area contributed by atoms with E-state index in [2.05, 4.69) is 10.00 Å². The molecular formula is C13H24ClN3O. The van der Waals surface area contributed by atoms with Gasteiger partial charge in [-0.2, -0.15) is 5.10 Å². The van der Waals surface area contributed by atoms with Gasteiger partial charge in [0, 0.05) is 6.54 Å². The number of hydrogen-bond acceptors (Lipinski definition) is 3. The molecule has 0 aromatic carbocycles. The van der Waals surface area contributed by atoms with Crippen molar-refractivity contribution in [3.05, 3.63) is 16.9 Å². The van der Waals surface area contributed by atoms with E-state index in [1.54, 1.807) is 6.20 Å². The van der Waals surface area contributed by atoms with Crippen LogP contribution in [0, 0.1) is 5.92 Å². The highest BCUT2D eigenvalue weighted by atomic mass is 35.5. The quantitative estimate of drug-likeness (QED) is 0.827. The third kappa shape index (κ3) is 4.59. The molecule has 104 valence electrons. The Kier molecular flexibility index (Phi) is 6.12. The van der Waals surface area contributed by atoms with Crippen LogP contribution >= 0.6 is 11.6 Å². The Bertz CT molecular complexity index is 363. The number of likely N-dealkylation sites (N-methyl/N-ethyl adjacent to an activating group) is 1. The Morgan fingerprint density at radius 3 is 2.67 bits per heavy atom. The van der Waals surface area contributed by atoms with Gasteiger partial charge in [-0.05, 0) is 32.9 Å². The fourth-order valence-corrected chi connectivity index (χ4v) is 1.98. The number of halogens is 1. The number of aliphatic hydroxyl groups excluding tert-OH is 1. The normalized spacial score (nSPS) is 13.6. The molecule has 1 heterocycles. The first-order chi connectivity index (χ1) is 8.41. The van der Waals surface area contributed by atoms with Crippen LogP contribution in [0.5, 0.6) is 0 Å². The van der Waals surface area contributed by atoms with Crippen LogP contribution in [-0.2, 0) is 13.0 Å². The highest BCUT2D eigenvalue weighted by Crippen LogP contribution is 2.19. The highest BCUT2D eigenvalue weighted by molar-refractivity contribution is 6.31. The van der Waals surface area contributed by atoms with Crippen LogP contribution in [0.4, 0.5) is 0 Å². The second kappa shape index (κ2) is 7.12. The minimum Gasteiger partial charge on any atom is -0.393 e. The molecule has 0 spiro atoms. The van der Waals surface area contributed by atoms with Crippen molar-refractivity contribution in [3.8, 4) is 0 Å². The summed E-state index contributed by atoms with van der Waals surface area (Å²) in [5.74, 6) is 0.280. The zero-order valence-electron chi connectivity index (χ0n) is 11.7. The Hall–Kier alpha value is -0.580. The first-order valence-corrected chi connectivity index (χ1v) is 6.82. The van der Waals surface area contributed by atoms with E-state index >= 15 is 0 Å². The van der Waals surface area contributed by atoms with Crippen LogP contribution in [0.2, 0.25) is 5.02 Å². The summed E-state index contributed by atoms with van der Waals surface area (Å²) in [5, 5.41) is 14.8. The van der Waals surface area contributed by atoms with Crippen molar-refractivity contribution in [1.29, 1.82) is 0 Å². The summed E-state index contributed by atoms with van der Waals surface area (Å²) in [4.78, 5) is 2.11. The van der Waals surface area contributed by atoms with Crippen LogP contribution in [0.3, 0.4) is 0 Å². The van der Waals surface area contributed by atoms with Crippen molar-refractivity contribution in [2.75, 3.05) is 20.6 Å². The van der Waals surface area contributed by atoms with E-state index in [1.165, 1.54) is 0 Å². The maximum Gasteiger partial charge on any atom is 0.0817 e. The van der Waals surface area contributed by atoms with Crippen molar-refractivity contribution >= 4 is 11.6 Å². The van der Waals surface area contributed by atoms with Crippen LogP contribution in [0.25, 0.3) is 0 Å². The molecule has 0 aliphatic carbocycles. The topological polar surface area (TPSA) is 41.3 Å². The molecule has 1 N–H and O–H groups in total. The molecule has 0 aliphatic heterocycles. The van der Waals surface area contributed by atoms with Gasteiger partial charge >= 0.3 is 0 Å². The van der Waals surface area contributed by atoms with E-state index < -0.39 is 0 Å². The Labute approximate surface area is 115 Å². The smallest absolute Gasteiger partial charge is 0.0817 e. The van der Waals surface area contributed by atoms with Crippen molar-refractivity contribution in [1.82, 2.24) is 14.7 Å². The molecule has 18 heavy (non-hydrogen) atoms. The van der Waals surface area contributed by atoms with E-state index in [4.69, 9.17) is 11.6 Å². The van der Waals surface area contributed by atoms with Gasteiger partial charge in [0.2, 0.25) is 0 Å². The van der Waals surface area contributed by atoms with Gasteiger partial charge in [0.1, 0.15) is 0 Å². The van der Waals surface area contributed by atoms with Crippen LogP contribution in [0.15, 0.2) is 6.20 Å². The second-order valence-corrected chi connectivity index (χ2v) is 5.72. The summed E-state index contributed by atoms with van der Waals surface area (Å²) in [6, 6.07) is 0. The monoisotopic (exact) mass is 273 g/mol. The molecule has 5 heteroatoms. The summed E-state index contributed by atoms with van der Waals surface area (Å²) in [6.07, 6.45) is 2.91. The zero-order chi connectivity index (χ0) is 13.7. The Balaban J connectivity index is 2.60. The van der Waals surface area contributed by atoms with Gasteiger partial charge in [-0.1, -0.05) is 25.4 Å². The molecule has 0 fully saturated rings. The molecular weight excluding hydrogens is 250 g/mol. The predicted octanol–water partition coefficient (Wildman–Crippen LogP) is 2.05. The number of rotatable bonds is 7. The lowest BCUT2D eigenvalue weighted by Crippen LogP contribution is -2.21. The fraction of sp³-hybridized carbons (Fsp3) is 0.769. The predicted molar refractivity (Wildman–Crippen MR) is 75.0 cm³/mol. The molecule has 1 atom stereocenters. The summed E-state index contributed by atoms with van der Waals surface area (Å²) in [5.41, 5.74) is 1.03. The average Bonchev–Trinajstić information content (AvgIpc) is 2.64. The standard InChI is InChI=1S/C13H24ClN3O/c1-10(2)13(18)6-5-12-11(14)9-15-17(12)8-7-16(3)4/h9-10,13,18H,5-8H2,1-4H3. The Morgan fingerprint density at radius 2 is 2.11 bits per heavy atom. The van der Waals surface area contributed by atoms with Gasteiger partial charge in [0.15, 0.2) is 0 Å². The molecule has 1 aromatic heterocycles. The fourth-order valence-electron chi connectivity index (χ4n) is 1.74. The summed E-state index contributed by atoms with van der Waals surface area (Å²) in [7, 11) is 4.07. The third-order valence-electron chi connectivity index (χ3n) is 3.10. The SMILES string of the molecule is CC(C)C(O)CCc1c(Cl)cnn1CCN(C)C. The van der Waals surface area contributed by atoms with Gasteiger partial charge in [-0.3, -0.25) is 4.68 Å². The second-order valence-electron chi connectivity index (χ2n) is 5.32. The number of nitrogens with zero attached hydrogens (tertiary/aromatic N) is 3. The maximum absolute atomic E-state index is 9.84. The van der Waals surface area contributed by atoms with Crippen molar-refractivity contribution in [3.63, 3.8) is 0 Å². The molecule has 1 aromatic rings. The van der Waals surface area contributed by atoms with E-state index in [9.17, 15) is 5.11 Å². The highest BCUT2D eigenvalue weighted by Gasteiger charge is 2.14. The van der Waals surface area contributed by atoms with Crippen molar-refractivity contribution < 1.29 is 5.11 Å². The molecule has 1 unspecified atom stereocenters. The molecule has 0 amide bonds. The molecule has 0 bridgehead atoms. The van der Waals surface area contributed by atoms with Gasteiger partial charge in [-0.25, -0.2) is 0 Å². The van der Waals surface area contributed by atoms with E-state index in [-0.39, 0.29) is 12.0 Å².